The Bertz CT molecular complexity index is 307. The molecule has 1 heterocycles. The zero-order valence-corrected chi connectivity index (χ0v) is 11.3. The Balaban J connectivity index is 2.33. The second kappa shape index (κ2) is 6.58. The number of carbonyl (C=O) groups excluding carboxylic acids is 1. The van der Waals surface area contributed by atoms with Crippen molar-refractivity contribution in [1.82, 2.24) is 15.1 Å². The predicted molar refractivity (Wildman–Crippen MR) is 68.5 cm³/mol. The van der Waals surface area contributed by atoms with Gasteiger partial charge in [0.25, 0.3) is 0 Å². The fourth-order valence-electron chi connectivity index (χ4n) is 2.33. The minimum Gasteiger partial charge on any atom is -0.481 e. The number of amides is 2. The molecule has 0 bridgehead atoms. The topological polar surface area (TPSA) is 72.9 Å². The minimum absolute atomic E-state index is 0.0859. The lowest BCUT2D eigenvalue weighted by Gasteiger charge is -2.23. The lowest BCUT2D eigenvalue weighted by molar-refractivity contribution is -0.138. The Kier molecular flexibility index (Phi) is 5.40. The molecule has 1 fully saturated rings. The molecule has 0 spiro atoms. The molecule has 2 unspecified atom stereocenters. The molecule has 1 aliphatic rings. The lowest BCUT2D eigenvalue weighted by Crippen LogP contribution is -2.46. The van der Waals surface area contributed by atoms with Crippen LogP contribution in [-0.2, 0) is 4.79 Å². The summed E-state index contributed by atoms with van der Waals surface area (Å²) in [5.74, 6) is -0.694. The highest BCUT2D eigenvalue weighted by Gasteiger charge is 2.28. The van der Waals surface area contributed by atoms with Crippen LogP contribution in [0.2, 0.25) is 0 Å². The van der Waals surface area contributed by atoms with Crippen molar-refractivity contribution in [1.29, 1.82) is 0 Å². The SMILES string of the molecule is CC(CN(C)C)NC(=O)N1CCC(CC(=O)O)C1. The molecule has 0 aromatic heterocycles. The van der Waals surface area contributed by atoms with Gasteiger partial charge in [0.2, 0.25) is 0 Å². The van der Waals surface area contributed by atoms with Gasteiger partial charge in [0.1, 0.15) is 0 Å². The maximum absolute atomic E-state index is 11.9. The third-order valence-electron chi connectivity index (χ3n) is 3.05. The molecular formula is C12H23N3O3. The third-order valence-corrected chi connectivity index (χ3v) is 3.05. The van der Waals surface area contributed by atoms with E-state index in [1.165, 1.54) is 0 Å². The van der Waals surface area contributed by atoms with Crippen LogP contribution in [0.15, 0.2) is 0 Å². The van der Waals surface area contributed by atoms with Crippen LogP contribution in [0.1, 0.15) is 19.8 Å². The van der Waals surface area contributed by atoms with Crippen LogP contribution >= 0.6 is 0 Å². The Morgan fingerprint density at radius 1 is 1.50 bits per heavy atom. The van der Waals surface area contributed by atoms with E-state index in [2.05, 4.69) is 5.32 Å². The number of rotatable bonds is 5. The number of likely N-dealkylation sites (N-methyl/N-ethyl adjacent to an activating group) is 1. The first-order chi connectivity index (χ1) is 8.38. The van der Waals surface area contributed by atoms with E-state index in [1.807, 2.05) is 25.9 Å². The number of carboxylic acid groups (broad SMARTS) is 1. The van der Waals surface area contributed by atoms with Gasteiger partial charge in [0.05, 0.1) is 0 Å². The van der Waals surface area contributed by atoms with Crippen LogP contribution < -0.4 is 5.32 Å². The van der Waals surface area contributed by atoms with Crippen molar-refractivity contribution in [3.05, 3.63) is 0 Å². The molecule has 0 aromatic rings. The number of carboxylic acids is 1. The van der Waals surface area contributed by atoms with Gasteiger partial charge in [-0.15, -0.1) is 0 Å². The molecule has 0 saturated carbocycles. The van der Waals surface area contributed by atoms with E-state index in [0.717, 1.165) is 13.0 Å². The monoisotopic (exact) mass is 257 g/mol. The molecule has 0 aliphatic carbocycles. The minimum atomic E-state index is -0.789. The van der Waals surface area contributed by atoms with Gasteiger partial charge in [0, 0.05) is 32.1 Å². The molecule has 1 saturated heterocycles. The number of likely N-dealkylation sites (tertiary alicyclic amines) is 1. The molecule has 6 nitrogen and oxygen atoms in total. The molecule has 18 heavy (non-hydrogen) atoms. The maximum atomic E-state index is 11.9. The van der Waals surface area contributed by atoms with Crippen molar-refractivity contribution in [2.75, 3.05) is 33.7 Å². The van der Waals surface area contributed by atoms with Crippen molar-refractivity contribution in [3.63, 3.8) is 0 Å². The van der Waals surface area contributed by atoms with Gasteiger partial charge in [-0.3, -0.25) is 4.79 Å². The molecule has 1 rings (SSSR count). The highest BCUT2D eigenvalue weighted by Crippen LogP contribution is 2.19. The standard InChI is InChI=1S/C12H23N3O3/c1-9(7-14(2)3)13-12(18)15-5-4-10(8-15)6-11(16)17/h9-10H,4-8H2,1-3H3,(H,13,18)(H,16,17). The highest BCUT2D eigenvalue weighted by atomic mass is 16.4. The summed E-state index contributed by atoms with van der Waals surface area (Å²) in [6.07, 6.45) is 0.929. The first-order valence-corrected chi connectivity index (χ1v) is 6.30. The van der Waals surface area contributed by atoms with Gasteiger partial charge in [0.15, 0.2) is 0 Å². The van der Waals surface area contributed by atoms with Crippen LogP contribution in [0.3, 0.4) is 0 Å². The average molecular weight is 257 g/mol. The van der Waals surface area contributed by atoms with Crippen LogP contribution in [0.25, 0.3) is 0 Å². The Morgan fingerprint density at radius 3 is 2.72 bits per heavy atom. The quantitative estimate of drug-likeness (QED) is 0.749. The number of hydrogen-bond donors (Lipinski definition) is 2. The number of carbonyl (C=O) groups is 2. The normalized spacial score (nSPS) is 21.1. The summed E-state index contributed by atoms with van der Waals surface area (Å²) in [4.78, 5) is 26.2. The summed E-state index contributed by atoms with van der Waals surface area (Å²) in [5, 5.41) is 11.6. The zero-order chi connectivity index (χ0) is 13.7. The maximum Gasteiger partial charge on any atom is 0.317 e. The number of urea groups is 1. The fraction of sp³-hybridized carbons (Fsp3) is 0.833. The second-order valence-electron chi connectivity index (χ2n) is 5.31. The van der Waals surface area contributed by atoms with Crippen molar-refractivity contribution in [2.24, 2.45) is 5.92 Å². The van der Waals surface area contributed by atoms with Crippen molar-refractivity contribution in [3.8, 4) is 0 Å². The number of nitrogens with zero attached hydrogens (tertiary/aromatic N) is 2. The van der Waals surface area contributed by atoms with Gasteiger partial charge in [-0.2, -0.15) is 0 Å². The Labute approximate surface area is 108 Å². The predicted octanol–water partition coefficient (Wildman–Crippen LogP) is 0.443. The second-order valence-corrected chi connectivity index (χ2v) is 5.31. The molecule has 0 aromatic carbocycles. The average Bonchev–Trinajstić information content (AvgIpc) is 2.63. The molecule has 2 N–H and O–H groups in total. The molecular weight excluding hydrogens is 234 g/mol. The van der Waals surface area contributed by atoms with Gasteiger partial charge in [-0.25, -0.2) is 4.79 Å². The largest absolute Gasteiger partial charge is 0.481 e. The van der Waals surface area contributed by atoms with Gasteiger partial charge in [-0.1, -0.05) is 0 Å². The Morgan fingerprint density at radius 2 is 2.17 bits per heavy atom. The smallest absolute Gasteiger partial charge is 0.317 e. The molecule has 0 radical (unpaired) electrons. The summed E-state index contributed by atoms with van der Waals surface area (Å²) in [6, 6.07) is 0.00302. The molecule has 6 heteroatoms. The van der Waals surface area contributed by atoms with E-state index >= 15 is 0 Å². The molecule has 104 valence electrons. The number of aliphatic carboxylic acids is 1. The summed E-state index contributed by atoms with van der Waals surface area (Å²) in [5.41, 5.74) is 0. The first kappa shape index (κ1) is 14.8. The zero-order valence-electron chi connectivity index (χ0n) is 11.3. The van der Waals surface area contributed by atoms with E-state index in [0.29, 0.717) is 13.1 Å². The first-order valence-electron chi connectivity index (χ1n) is 6.30. The molecule has 1 aliphatic heterocycles. The van der Waals surface area contributed by atoms with E-state index < -0.39 is 5.97 Å². The lowest BCUT2D eigenvalue weighted by atomic mass is 10.1. The van der Waals surface area contributed by atoms with Crippen LogP contribution in [-0.4, -0.2) is 66.7 Å². The highest BCUT2D eigenvalue weighted by molar-refractivity contribution is 5.75. The molecule has 2 amide bonds. The number of hydrogen-bond acceptors (Lipinski definition) is 3. The Hall–Kier alpha value is -1.30. The van der Waals surface area contributed by atoms with Crippen LogP contribution in [0.4, 0.5) is 4.79 Å². The summed E-state index contributed by atoms with van der Waals surface area (Å²) < 4.78 is 0. The van der Waals surface area contributed by atoms with E-state index in [-0.39, 0.29) is 24.4 Å². The van der Waals surface area contributed by atoms with Crippen molar-refractivity contribution < 1.29 is 14.7 Å². The van der Waals surface area contributed by atoms with Crippen LogP contribution in [0.5, 0.6) is 0 Å². The third kappa shape index (κ3) is 4.91. The van der Waals surface area contributed by atoms with Crippen LogP contribution in [0, 0.1) is 5.92 Å². The molecule has 2 atom stereocenters. The van der Waals surface area contributed by atoms with Gasteiger partial charge >= 0.3 is 12.0 Å². The summed E-state index contributed by atoms with van der Waals surface area (Å²) >= 11 is 0. The number of nitrogens with one attached hydrogen (secondary N) is 1. The van der Waals surface area contributed by atoms with Gasteiger partial charge < -0.3 is 20.2 Å². The van der Waals surface area contributed by atoms with E-state index in [9.17, 15) is 9.59 Å². The van der Waals surface area contributed by atoms with E-state index in [4.69, 9.17) is 5.11 Å². The van der Waals surface area contributed by atoms with Crippen molar-refractivity contribution >= 4 is 12.0 Å². The summed E-state index contributed by atoms with van der Waals surface area (Å²) in [6.45, 7) is 3.95. The van der Waals surface area contributed by atoms with E-state index in [1.54, 1.807) is 4.90 Å². The summed E-state index contributed by atoms with van der Waals surface area (Å²) in [7, 11) is 3.92. The van der Waals surface area contributed by atoms with Gasteiger partial charge in [-0.05, 0) is 33.4 Å². The van der Waals surface area contributed by atoms with Crippen molar-refractivity contribution in [2.45, 2.75) is 25.8 Å². The fourth-order valence-corrected chi connectivity index (χ4v) is 2.33.